The Bertz CT molecular complexity index is 670. The van der Waals surface area contributed by atoms with Crippen molar-refractivity contribution in [3.05, 3.63) is 65.0 Å². The summed E-state index contributed by atoms with van der Waals surface area (Å²) in [5.74, 6) is 0.0481. The normalized spacial score (nSPS) is 12.2. The van der Waals surface area contributed by atoms with Gasteiger partial charge >= 0.3 is 0 Å². The van der Waals surface area contributed by atoms with Gasteiger partial charge in [-0.2, -0.15) is 0 Å². The lowest BCUT2D eigenvalue weighted by atomic mass is 10.00. The van der Waals surface area contributed by atoms with Crippen molar-refractivity contribution in [2.75, 3.05) is 20.1 Å². The van der Waals surface area contributed by atoms with Crippen LogP contribution in [0.15, 0.2) is 42.6 Å². The standard InChI is InChI=1S/C20H27N3O/c1-15-8-9-16(2)19(13-15)17(3)22-20(24)14-23(4)12-10-18-7-5-6-11-21-18/h5-9,11,13,17H,10,12,14H2,1-4H3,(H,22,24). The summed E-state index contributed by atoms with van der Waals surface area (Å²) in [5.41, 5.74) is 4.65. The highest BCUT2D eigenvalue weighted by atomic mass is 16.2. The topological polar surface area (TPSA) is 45.2 Å². The molecule has 1 unspecified atom stereocenters. The third-order valence-electron chi connectivity index (χ3n) is 4.17. The lowest BCUT2D eigenvalue weighted by Gasteiger charge is -2.20. The Balaban J connectivity index is 1.82. The molecular formula is C20H27N3O. The van der Waals surface area contributed by atoms with E-state index in [-0.39, 0.29) is 11.9 Å². The number of aryl methyl sites for hydroxylation is 2. The van der Waals surface area contributed by atoms with Crippen molar-refractivity contribution in [3.8, 4) is 0 Å². The zero-order valence-electron chi connectivity index (χ0n) is 15.0. The van der Waals surface area contributed by atoms with Crippen molar-refractivity contribution in [1.29, 1.82) is 0 Å². The van der Waals surface area contributed by atoms with Gasteiger partial charge in [0.2, 0.25) is 5.91 Å². The van der Waals surface area contributed by atoms with Crippen LogP contribution in [0, 0.1) is 13.8 Å². The van der Waals surface area contributed by atoms with Crippen LogP contribution >= 0.6 is 0 Å². The number of pyridine rings is 1. The van der Waals surface area contributed by atoms with Crippen molar-refractivity contribution < 1.29 is 4.79 Å². The van der Waals surface area contributed by atoms with Gasteiger partial charge in [-0.05, 0) is 51.1 Å². The summed E-state index contributed by atoms with van der Waals surface area (Å²) in [6.45, 7) is 7.39. The Hall–Kier alpha value is -2.20. The third kappa shape index (κ3) is 5.46. The van der Waals surface area contributed by atoms with E-state index in [1.807, 2.05) is 37.1 Å². The number of rotatable bonds is 7. The Morgan fingerprint density at radius 2 is 2.04 bits per heavy atom. The van der Waals surface area contributed by atoms with Gasteiger partial charge in [0, 0.05) is 24.9 Å². The molecular weight excluding hydrogens is 298 g/mol. The summed E-state index contributed by atoms with van der Waals surface area (Å²) in [6, 6.07) is 12.3. The van der Waals surface area contributed by atoms with Crippen LogP contribution in [-0.2, 0) is 11.2 Å². The number of nitrogens with one attached hydrogen (secondary N) is 1. The van der Waals surface area contributed by atoms with Crippen molar-refractivity contribution in [1.82, 2.24) is 15.2 Å². The summed E-state index contributed by atoms with van der Waals surface area (Å²) in [6.07, 6.45) is 2.64. The van der Waals surface area contributed by atoms with Crippen LogP contribution in [0.4, 0.5) is 0 Å². The highest BCUT2D eigenvalue weighted by Crippen LogP contribution is 2.18. The zero-order valence-corrected chi connectivity index (χ0v) is 15.0. The minimum atomic E-state index is 0.0154. The van der Waals surface area contributed by atoms with Gasteiger partial charge in [-0.25, -0.2) is 0 Å². The molecule has 0 saturated heterocycles. The van der Waals surface area contributed by atoms with Gasteiger partial charge < -0.3 is 5.32 Å². The summed E-state index contributed by atoms with van der Waals surface area (Å²) >= 11 is 0. The second-order valence-corrected chi connectivity index (χ2v) is 6.46. The van der Waals surface area contributed by atoms with E-state index in [1.165, 1.54) is 16.7 Å². The molecule has 0 bridgehead atoms. The van der Waals surface area contributed by atoms with E-state index < -0.39 is 0 Å². The second-order valence-electron chi connectivity index (χ2n) is 6.46. The Morgan fingerprint density at radius 1 is 1.25 bits per heavy atom. The minimum Gasteiger partial charge on any atom is -0.348 e. The number of carbonyl (C=O) groups excluding carboxylic acids is 1. The van der Waals surface area contributed by atoms with Crippen molar-refractivity contribution in [3.63, 3.8) is 0 Å². The Kier molecular flexibility index (Phi) is 6.50. The van der Waals surface area contributed by atoms with E-state index in [0.717, 1.165) is 18.7 Å². The van der Waals surface area contributed by atoms with E-state index in [9.17, 15) is 4.79 Å². The fourth-order valence-electron chi connectivity index (χ4n) is 2.77. The molecule has 2 rings (SSSR count). The fourth-order valence-corrected chi connectivity index (χ4v) is 2.77. The van der Waals surface area contributed by atoms with Crippen LogP contribution < -0.4 is 5.32 Å². The maximum Gasteiger partial charge on any atom is 0.234 e. The Morgan fingerprint density at radius 3 is 2.75 bits per heavy atom. The lowest BCUT2D eigenvalue weighted by Crippen LogP contribution is -2.37. The molecule has 0 aliphatic rings. The van der Waals surface area contributed by atoms with Gasteiger partial charge in [-0.3, -0.25) is 14.7 Å². The van der Waals surface area contributed by atoms with E-state index >= 15 is 0 Å². The van der Waals surface area contributed by atoms with E-state index in [0.29, 0.717) is 6.54 Å². The molecule has 0 aliphatic heterocycles. The number of benzene rings is 1. The maximum absolute atomic E-state index is 12.3. The first kappa shape index (κ1) is 18.1. The first-order valence-corrected chi connectivity index (χ1v) is 8.40. The number of nitrogens with zero attached hydrogens (tertiary/aromatic N) is 2. The molecule has 4 heteroatoms. The smallest absolute Gasteiger partial charge is 0.234 e. The first-order chi connectivity index (χ1) is 11.5. The molecule has 2 aromatic rings. The van der Waals surface area contributed by atoms with Crippen molar-refractivity contribution >= 4 is 5.91 Å². The van der Waals surface area contributed by atoms with Gasteiger partial charge in [0.1, 0.15) is 0 Å². The Labute approximate surface area is 144 Å². The molecule has 1 atom stereocenters. The van der Waals surface area contributed by atoms with E-state index in [4.69, 9.17) is 0 Å². The summed E-state index contributed by atoms with van der Waals surface area (Å²) < 4.78 is 0. The zero-order chi connectivity index (χ0) is 17.5. The molecule has 1 amide bonds. The molecule has 128 valence electrons. The minimum absolute atomic E-state index is 0.0154. The molecule has 0 spiro atoms. The molecule has 24 heavy (non-hydrogen) atoms. The lowest BCUT2D eigenvalue weighted by molar-refractivity contribution is -0.122. The van der Waals surface area contributed by atoms with Gasteiger partial charge in [0.05, 0.1) is 12.6 Å². The molecule has 0 saturated carbocycles. The molecule has 4 nitrogen and oxygen atoms in total. The van der Waals surface area contributed by atoms with E-state index in [1.54, 1.807) is 6.20 Å². The van der Waals surface area contributed by atoms with Crippen LogP contribution in [0.3, 0.4) is 0 Å². The van der Waals surface area contributed by atoms with Crippen LogP contribution in [0.1, 0.15) is 35.3 Å². The molecule has 0 fully saturated rings. The highest BCUT2D eigenvalue weighted by Gasteiger charge is 2.13. The summed E-state index contributed by atoms with van der Waals surface area (Å²) in [4.78, 5) is 18.6. The van der Waals surface area contributed by atoms with Gasteiger partial charge in [0.25, 0.3) is 0 Å². The largest absolute Gasteiger partial charge is 0.348 e. The monoisotopic (exact) mass is 325 g/mol. The molecule has 1 aromatic carbocycles. The van der Waals surface area contributed by atoms with Crippen molar-refractivity contribution in [2.45, 2.75) is 33.2 Å². The molecule has 0 radical (unpaired) electrons. The van der Waals surface area contributed by atoms with Crippen LogP contribution in [0.5, 0.6) is 0 Å². The first-order valence-electron chi connectivity index (χ1n) is 8.40. The fraction of sp³-hybridized carbons (Fsp3) is 0.400. The third-order valence-corrected chi connectivity index (χ3v) is 4.17. The van der Waals surface area contributed by atoms with Crippen LogP contribution in [-0.4, -0.2) is 35.9 Å². The van der Waals surface area contributed by atoms with Crippen LogP contribution in [0.2, 0.25) is 0 Å². The molecule has 1 aromatic heterocycles. The van der Waals surface area contributed by atoms with Crippen molar-refractivity contribution in [2.24, 2.45) is 0 Å². The highest BCUT2D eigenvalue weighted by molar-refractivity contribution is 5.78. The quantitative estimate of drug-likeness (QED) is 0.851. The predicted octanol–water partition coefficient (Wildman–Crippen LogP) is 3.05. The average Bonchev–Trinajstić information content (AvgIpc) is 2.56. The maximum atomic E-state index is 12.3. The van der Waals surface area contributed by atoms with Gasteiger partial charge in [-0.1, -0.05) is 29.8 Å². The van der Waals surface area contributed by atoms with E-state index in [2.05, 4.69) is 42.3 Å². The summed E-state index contributed by atoms with van der Waals surface area (Å²) in [5, 5.41) is 3.10. The summed E-state index contributed by atoms with van der Waals surface area (Å²) in [7, 11) is 1.96. The number of carbonyl (C=O) groups is 1. The molecule has 1 heterocycles. The predicted molar refractivity (Wildman–Crippen MR) is 97.9 cm³/mol. The number of aromatic nitrogens is 1. The van der Waals surface area contributed by atoms with Gasteiger partial charge in [0.15, 0.2) is 0 Å². The second kappa shape index (κ2) is 8.60. The number of hydrogen-bond acceptors (Lipinski definition) is 3. The number of likely N-dealkylation sites (N-methyl/N-ethyl adjacent to an activating group) is 1. The average molecular weight is 325 g/mol. The number of hydrogen-bond donors (Lipinski definition) is 1. The van der Waals surface area contributed by atoms with Crippen LogP contribution in [0.25, 0.3) is 0 Å². The van der Waals surface area contributed by atoms with Gasteiger partial charge in [-0.15, -0.1) is 0 Å². The number of amides is 1. The SMILES string of the molecule is Cc1ccc(C)c(C(C)NC(=O)CN(C)CCc2ccccn2)c1. The molecule has 0 aliphatic carbocycles. The molecule has 1 N–H and O–H groups in total.